The van der Waals surface area contributed by atoms with E-state index in [1.54, 1.807) is 0 Å². The molecule has 1 amide bonds. The zero-order valence-electron chi connectivity index (χ0n) is 10.4. The van der Waals surface area contributed by atoms with Gasteiger partial charge in [-0.25, -0.2) is 4.39 Å². The number of hydrogen-bond donors (Lipinski definition) is 1. The number of alkyl halides is 1. The van der Waals surface area contributed by atoms with Crippen molar-refractivity contribution >= 4 is 27.5 Å². The van der Waals surface area contributed by atoms with Gasteiger partial charge in [-0.2, -0.15) is 0 Å². The topological polar surface area (TPSA) is 72.2 Å². The van der Waals surface area contributed by atoms with Gasteiger partial charge < -0.3 is 5.32 Å². The van der Waals surface area contributed by atoms with E-state index in [0.717, 1.165) is 36.4 Å². The van der Waals surface area contributed by atoms with Crippen LogP contribution in [0.2, 0.25) is 0 Å². The van der Waals surface area contributed by atoms with Crippen LogP contribution in [0.3, 0.4) is 0 Å². The quantitative estimate of drug-likeness (QED) is 0.494. The van der Waals surface area contributed by atoms with Gasteiger partial charge in [0, 0.05) is 17.4 Å². The first-order valence-corrected chi connectivity index (χ1v) is 6.88. The van der Waals surface area contributed by atoms with Crippen molar-refractivity contribution in [3.05, 3.63) is 39.7 Å². The van der Waals surface area contributed by atoms with Crippen LogP contribution in [0.5, 0.6) is 0 Å². The molecule has 1 unspecified atom stereocenters. The Morgan fingerprint density at radius 2 is 2.26 bits per heavy atom. The van der Waals surface area contributed by atoms with Crippen molar-refractivity contribution in [2.24, 2.45) is 0 Å². The average Bonchev–Trinajstić information content (AvgIpc) is 2.35. The number of carbonyl (C=O) groups excluding carboxylic acids is 1. The van der Waals surface area contributed by atoms with Gasteiger partial charge in [0.2, 0.25) is 0 Å². The Hall–Kier alpha value is -1.50. The molecule has 1 aromatic rings. The van der Waals surface area contributed by atoms with Crippen molar-refractivity contribution in [3.63, 3.8) is 0 Å². The van der Waals surface area contributed by atoms with E-state index in [1.165, 1.54) is 0 Å². The van der Waals surface area contributed by atoms with Gasteiger partial charge in [0.25, 0.3) is 11.6 Å². The van der Waals surface area contributed by atoms with Crippen LogP contribution in [-0.2, 0) is 0 Å². The first-order chi connectivity index (χ1) is 8.95. The standard InChI is InChI=1S/C12H14BrFN2O3/c1-8(3-2-6-13)15-12(17)10-5-4-9(16(18)19)7-11(10)14/h4-5,7-8H,2-3,6H2,1H3,(H,15,17). The molecule has 0 radical (unpaired) electrons. The summed E-state index contributed by atoms with van der Waals surface area (Å²) >= 11 is 3.29. The Kier molecular flexibility index (Phi) is 5.88. The van der Waals surface area contributed by atoms with Gasteiger partial charge >= 0.3 is 0 Å². The molecule has 0 saturated carbocycles. The molecular weight excluding hydrogens is 319 g/mol. The van der Waals surface area contributed by atoms with E-state index in [9.17, 15) is 19.3 Å². The van der Waals surface area contributed by atoms with Gasteiger partial charge in [-0.15, -0.1) is 0 Å². The highest BCUT2D eigenvalue weighted by molar-refractivity contribution is 9.09. The minimum Gasteiger partial charge on any atom is -0.349 e. The van der Waals surface area contributed by atoms with Crippen molar-refractivity contribution < 1.29 is 14.1 Å². The summed E-state index contributed by atoms with van der Waals surface area (Å²) in [6.07, 6.45) is 1.66. The summed E-state index contributed by atoms with van der Waals surface area (Å²) in [6, 6.07) is 2.90. The maximum Gasteiger partial charge on any atom is 0.272 e. The Morgan fingerprint density at radius 1 is 1.58 bits per heavy atom. The van der Waals surface area contributed by atoms with Crippen molar-refractivity contribution in [1.29, 1.82) is 0 Å². The lowest BCUT2D eigenvalue weighted by Crippen LogP contribution is -2.33. The van der Waals surface area contributed by atoms with E-state index in [4.69, 9.17) is 0 Å². The molecular formula is C12H14BrFN2O3. The minimum absolute atomic E-state index is 0.0837. The maximum absolute atomic E-state index is 13.6. The summed E-state index contributed by atoms with van der Waals surface area (Å²) < 4.78 is 13.6. The summed E-state index contributed by atoms with van der Waals surface area (Å²) in [5, 5.41) is 13.9. The zero-order valence-corrected chi connectivity index (χ0v) is 11.9. The lowest BCUT2D eigenvalue weighted by Gasteiger charge is -2.13. The lowest BCUT2D eigenvalue weighted by molar-refractivity contribution is -0.385. The summed E-state index contributed by atoms with van der Waals surface area (Å²) in [7, 11) is 0. The van der Waals surface area contributed by atoms with Gasteiger partial charge in [-0.1, -0.05) is 15.9 Å². The number of rotatable bonds is 6. The molecule has 0 fully saturated rings. The molecule has 0 saturated heterocycles. The molecule has 0 aliphatic heterocycles. The summed E-state index contributed by atoms with van der Waals surface area (Å²) in [5.74, 6) is -1.45. The predicted octanol–water partition coefficient (Wildman–Crippen LogP) is 3.03. The van der Waals surface area contributed by atoms with E-state index in [2.05, 4.69) is 21.2 Å². The molecule has 5 nitrogen and oxygen atoms in total. The van der Waals surface area contributed by atoms with Crippen LogP contribution in [0.4, 0.5) is 10.1 Å². The normalized spacial score (nSPS) is 11.9. The van der Waals surface area contributed by atoms with E-state index < -0.39 is 16.6 Å². The van der Waals surface area contributed by atoms with Crippen LogP contribution in [0, 0.1) is 15.9 Å². The number of benzene rings is 1. The fraction of sp³-hybridized carbons (Fsp3) is 0.417. The van der Waals surface area contributed by atoms with Gasteiger partial charge in [-0.3, -0.25) is 14.9 Å². The van der Waals surface area contributed by atoms with E-state index in [0.29, 0.717) is 0 Å². The Morgan fingerprint density at radius 3 is 2.79 bits per heavy atom. The third-order valence-corrected chi connectivity index (χ3v) is 3.12. The smallest absolute Gasteiger partial charge is 0.272 e. The lowest BCUT2D eigenvalue weighted by atomic mass is 10.1. The second-order valence-electron chi connectivity index (χ2n) is 4.13. The van der Waals surface area contributed by atoms with E-state index >= 15 is 0 Å². The molecule has 0 aromatic heterocycles. The van der Waals surface area contributed by atoms with Gasteiger partial charge in [0.1, 0.15) is 5.82 Å². The number of nitro benzene ring substituents is 1. The third-order valence-electron chi connectivity index (χ3n) is 2.56. The van der Waals surface area contributed by atoms with Gasteiger partial charge in [0.05, 0.1) is 16.6 Å². The van der Waals surface area contributed by atoms with Crippen LogP contribution in [0.1, 0.15) is 30.1 Å². The molecule has 104 valence electrons. The van der Waals surface area contributed by atoms with E-state index in [1.807, 2.05) is 6.92 Å². The molecule has 1 aromatic carbocycles. The SMILES string of the molecule is CC(CCCBr)NC(=O)c1ccc([N+](=O)[O-])cc1F. The van der Waals surface area contributed by atoms with Crippen LogP contribution in [0.15, 0.2) is 18.2 Å². The molecule has 0 aliphatic rings. The second kappa shape index (κ2) is 7.18. The first-order valence-electron chi connectivity index (χ1n) is 5.76. The van der Waals surface area contributed by atoms with Crippen LogP contribution in [0.25, 0.3) is 0 Å². The maximum atomic E-state index is 13.6. The fourth-order valence-corrected chi connectivity index (χ4v) is 1.88. The Balaban J connectivity index is 2.74. The molecule has 1 atom stereocenters. The molecule has 0 bridgehead atoms. The Bertz CT molecular complexity index is 482. The van der Waals surface area contributed by atoms with Gasteiger partial charge in [0.15, 0.2) is 0 Å². The third kappa shape index (κ3) is 4.59. The summed E-state index contributed by atoms with van der Waals surface area (Å²) in [6.45, 7) is 1.82. The van der Waals surface area contributed by atoms with Crippen molar-refractivity contribution in [1.82, 2.24) is 5.32 Å². The van der Waals surface area contributed by atoms with Crippen molar-refractivity contribution in [3.8, 4) is 0 Å². The second-order valence-corrected chi connectivity index (χ2v) is 4.92. The Labute approximate surface area is 118 Å². The van der Waals surface area contributed by atoms with Crippen LogP contribution < -0.4 is 5.32 Å². The molecule has 0 heterocycles. The number of nitrogens with zero attached hydrogens (tertiary/aromatic N) is 1. The minimum atomic E-state index is -0.889. The predicted molar refractivity (Wildman–Crippen MR) is 73.0 cm³/mol. The van der Waals surface area contributed by atoms with Gasteiger partial charge in [-0.05, 0) is 25.8 Å². The molecule has 1 N–H and O–H groups in total. The number of halogens is 2. The van der Waals surface area contributed by atoms with Crippen LogP contribution in [-0.4, -0.2) is 22.2 Å². The number of nitro groups is 1. The number of nitrogens with one attached hydrogen (secondary N) is 1. The highest BCUT2D eigenvalue weighted by atomic mass is 79.9. The van der Waals surface area contributed by atoms with E-state index in [-0.39, 0.29) is 17.3 Å². The summed E-state index contributed by atoms with van der Waals surface area (Å²) in [4.78, 5) is 21.5. The number of hydrogen-bond acceptors (Lipinski definition) is 3. The largest absolute Gasteiger partial charge is 0.349 e. The van der Waals surface area contributed by atoms with Crippen LogP contribution >= 0.6 is 15.9 Å². The molecule has 19 heavy (non-hydrogen) atoms. The molecule has 0 spiro atoms. The fourth-order valence-electron chi connectivity index (χ4n) is 1.56. The highest BCUT2D eigenvalue weighted by Gasteiger charge is 2.17. The summed E-state index contributed by atoms with van der Waals surface area (Å²) in [5.41, 5.74) is -0.558. The first kappa shape index (κ1) is 15.6. The number of carbonyl (C=O) groups is 1. The number of amides is 1. The van der Waals surface area contributed by atoms with Crippen molar-refractivity contribution in [2.75, 3.05) is 5.33 Å². The number of non-ortho nitro benzene ring substituents is 1. The average molecular weight is 333 g/mol. The molecule has 0 aliphatic carbocycles. The van der Waals surface area contributed by atoms with Crippen molar-refractivity contribution in [2.45, 2.75) is 25.8 Å². The molecule has 7 heteroatoms. The monoisotopic (exact) mass is 332 g/mol. The highest BCUT2D eigenvalue weighted by Crippen LogP contribution is 2.16. The molecule has 1 rings (SSSR count). The zero-order chi connectivity index (χ0) is 14.4.